The van der Waals surface area contributed by atoms with Crippen LogP contribution in [0, 0.1) is 0 Å². The summed E-state index contributed by atoms with van der Waals surface area (Å²) in [7, 11) is 3.60. The van der Waals surface area contributed by atoms with Gasteiger partial charge in [-0.15, -0.1) is 0 Å². The number of hydrogen-bond donors (Lipinski definition) is 0. The molecule has 0 aromatic heterocycles. The lowest BCUT2D eigenvalue weighted by molar-refractivity contribution is 0.231. The second-order valence-electron chi connectivity index (χ2n) is 6.15. The van der Waals surface area contributed by atoms with Crippen molar-refractivity contribution in [2.75, 3.05) is 6.61 Å². The standard InChI is InChI=1S/C18H20NOSi/c1-18(2)10-11-20-17(19-18)16-14(9-12-21)8-7-13-5-3-4-6-15(13)16/h3-8H,9-12H2,1-2H3. The van der Waals surface area contributed by atoms with Gasteiger partial charge < -0.3 is 4.74 Å². The van der Waals surface area contributed by atoms with Gasteiger partial charge in [0, 0.05) is 22.2 Å². The van der Waals surface area contributed by atoms with Crippen LogP contribution in [0.15, 0.2) is 41.4 Å². The summed E-state index contributed by atoms with van der Waals surface area (Å²) in [5, 5.41) is 2.46. The number of hydrogen-bond acceptors (Lipinski definition) is 2. The van der Waals surface area contributed by atoms with Crippen molar-refractivity contribution in [1.82, 2.24) is 0 Å². The Kier molecular flexibility index (Phi) is 3.85. The zero-order valence-electron chi connectivity index (χ0n) is 12.6. The van der Waals surface area contributed by atoms with E-state index in [9.17, 15) is 0 Å². The van der Waals surface area contributed by atoms with Crippen LogP contribution in [0.2, 0.25) is 6.04 Å². The van der Waals surface area contributed by atoms with Crippen molar-refractivity contribution < 1.29 is 4.74 Å². The van der Waals surface area contributed by atoms with Crippen LogP contribution in [-0.2, 0) is 11.2 Å². The van der Waals surface area contributed by atoms with Gasteiger partial charge in [0.1, 0.15) is 0 Å². The molecule has 3 radical (unpaired) electrons. The monoisotopic (exact) mass is 294 g/mol. The van der Waals surface area contributed by atoms with Gasteiger partial charge in [-0.3, -0.25) is 0 Å². The lowest BCUT2D eigenvalue weighted by Gasteiger charge is -2.28. The zero-order chi connectivity index (χ0) is 14.9. The van der Waals surface area contributed by atoms with E-state index in [1.807, 2.05) is 0 Å². The minimum Gasteiger partial charge on any atom is -0.477 e. The highest BCUT2D eigenvalue weighted by atomic mass is 28.1. The molecule has 1 aliphatic heterocycles. The normalized spacial score (nSPS) is 17.4. The highest BCUT2D eigenvalue weighted by Crippen LogP contribution is 2.29. The van der Waals surface area contributed by atoms with Crippen molar-refractivity contribution in [1.29, 1.82) is 0 Å². The van der Waals surface area contributed by atoms with E-state index in [0.717, 1.165) is 31.4 Å². The summed E-state index contributed by atoms with van der Waals surface area (Å²) in [6.45, 7) is 5.08. The largest absolute Gasteiger partial charge is 0.477 e. The number of fused-ring (bicyclic) bond motifs is 1. The number of nitrogens with zero attached hydrogens (tertiary/aromatic N) is 1. The summed E-state index contributed by atoms with van der Waals surface area (Å²) in [4.78, 5) is 4.86. The maximum Gasteiger partial charge on any atom is 0.217 e. The maximum absolute atomic E-state index is 5.93. The number of aliphatic imine (C=N–C) groups is 1. The summed E-state index contributed by atoms with van der Waals surface area (Å²) in [5.41, 5.74) is 2.41. The molecule has 3 rings (SSSR count). The van der Waals surface area contributed by atoms with Crippen LogP contribution in [-0.4, -0.2) is 28.3 Å². The number of rotatable bonds is 3. The van der Waals surface area contributed by atoms with Gasteiger partial charge in [-0.1, -0.05) is 42.4 Å². The van der Waals surface area contributed by atoms with Gasteiger partial charge in [-0.2, -0.15) is 0 Å². The lowest BCUT2D eigenvalue weighted by atomic mass is 9.95. The van der Waals surface area contributed by atoms with Crippen molar-refractivity contribution in [2.45, 2.75) is 38.3 Å². The third-order valence-corrected chi connectivity index (χ3v) is 4.23. The van der Waals surface area contributed by atoms with Gasteiger partial charge in [0.05, 0.1) is 12.1 Å². The average Bonchev–Trinajstić information content (AvgIpc) is 2.46. The van der Waals surface area contributed by atoms with Crippen LogP contribution in [0.4, 0.5) is 0 Å². The van der Waals surface area contributed by atoms with E-state index in [1.54, 1.807) is 0 Å². The highest BCUT2D eigenvalue weighted by Gasteiger charge is 2.26. The van der Waals surface area contributed by atoms with Crippen molar-refractivity contribution in [2.24, 2.45) is 4.99 Å². The molecule has 0 spiro atoms. The van der Waals surface area contributed by atoms with Gasteiger partial charge in [0.25, 0.3) is 0 Å². The number of aryl methyl sites for hydroxylation is 1. The molecule has 0 aliphatic carbocycles. The van der Waals surface area contributed by atoms with Crippen LogP contribution in [0.25, 0.3) is 10.8 Å². The second-order valence-corrected chi connectivity index (χ2v) is 6.65. The van der Waals surface area contributed by atoms with Gasteiger partial charge in [0.2, 0.25) is 5.90 Å². The Balaban J connectivity index is 2.23. The van der Waals surface area contributed by atoms with Gasteiger partial charge in [0.15, 0.2) is 0 Å². The van der Waals surface area contributed by atoms with Crippen LogP contribution >= 0.6 is 0 Å². The Morgan fingerprint density at radius 1 is 1.19 bits per heavy atom. The van der Waals surface area contributed by atoms with Crippen LogP contribution in [0.3, 0.4) is 0 Å². The summed E-state index contributed by atoms with van der Waals surface area (Å²) in [5.74, 6) is 0.804. The van der Waals surface area contributed by atoms with Crippen molar-refractivity contribution in [3.63, 3.8) is 0 Å². The maximum atomic E-state index is 5.93. The van der Waals surface area contributed by atoms with Crippen molar-refractivity contribution >= 4 is 26.9 Å². The molecule has 0 saturated carbocycles. The molecule has 3 heteroatoms. The molecule has 0 fully saturated rings. The first-order valence-electron chi connectivity index (χ1n) is 7.49. The van der Waals surface area contributed by atoms with E-state index in [4.69, 9.17) is 9.73 Å². The van der Waals surface area contributed by atoms with E-state index >= 15 is 0 Å². The SMILES string of the molecule is CC1(C)CCOC(c2c(CC[Si])ccc3ccccc23)=N1. The number of benzene rings is 2. The van der Waals surface area contributed by atoms with Crippen LogP contribution in [0.1, 0.15) is 31.4 Å². The highest BCUT2D eigenvalue weighted by molar-refractivity contribution is 6.10. The quantitative estimate of drug-likeness (QED) is 0.786. The van der Waals surface area contributed by atoms with E-state index in [-0.39, 0.29) is 5.54 Å². The molecule has 2 nitrogen and oxygen atoms in total. The first kappa shape index (κ1) is 14.3. The fourth-order valence-electron chi connectivity index (χ4n) is 2.80. The van der Waals surface area contributed by atoms with Gasteiger partial charge in [-0.05, 0) is 36.6 Å². The summed E-state index contributed by atoms with van der Waals surface area (Å²) in [6, 6.07) is 13.8. The Morgan fingerprint density at radius 2 is 2.00 bits per heavy atom. The van der Waals surface area contributed by atoms with Gasteiger partial charge in [-0.25, -0.2) is 4.99 Å². The molecule has 0 unspecified atom stereocenters. The summed E-state index contributed by atoms with van der Waals surface area (Å²) < 4.78 is 5.93. The molecule has 107 valence electrons. The molecular weight excluding hydrogens is 274 g/mol. The predicted molar refractivity (Wildman–Crippen MR) is 89.4 cm³/mol. The predicted octanol–water partition coefficient (Wildman–Crippen LogP) is 3.91. The molecule has 2 aromatic carbocycles. The molecule has 21 heavy (non-hydrogen) atoms. The van der Waals surface area contributed by atoms with Crippen molar-refractivity contribution in [3.8, 4) is 0 Å². The summed E-state index contributed by atoms with van der Waals surface area (Å²) >= 11 is 0. The molecule has 0 bridgehead atoms. The first-order chi connectivity index (χ1) is 10.1. The number of ether oxygens (including phenoxy) is 1. The average molecular weight is 294 g/mol. The van der Waals surface area contributed by atoms with Crippen LogP contribution < -0.4 is 0 Å². The fourth-order valence-corrected chi connectivity index (χ4v) is 3.07. The minimum absolute atomic E-state index is 0.0459. The van der Waals surface area contributed by atoms with E-state index in [0.29, 0.717) is 0 Å². The second kappa shape index (κ2) is 5.64. The molecule has 0 amide bonds. The smallest absolute Gasteiger partial charge is 0.217 e. The van der Waals surface area contributed by atoms with E-state index in [1.165, 1.54) is 21.9 Å². The third kappa shape index (κ3) is 2.88. The topological polar surface area (TPSA) is 21.6 Å². The Labute approximate surface area is 129 Å². The van der Waals surface area contributed by atoms with Crippen LogP contribution in [0.5, 0.6) is 0 Å². The molecular formula is C18H20NOSi. The molecule has 1 heterocycles. The molecule has 2 aromatic rings. The molecule has 0 atom stereocenters. The molecule has 0 N–H and O–H groups in total. The van der Waals surface area contributed by atoms with Crippen molar-refractivity contribution in [3.05, 3.63) is 47.5 Å². The zero-order valence-corrected chi connectivity index (χ0v) is 13.6. The Hall–Kier alpha value is -1.61. The fraction of sp³-hybridized carbons (Fsp3) is 0.389. The first-order valence-corrected chi connectivity index (χ1v) is 8.20. The van der Waals surface area contributed by atoms with E-state index < -0.39 is 0 Å². The Bertz CT molecular complexity index is 691. The van der Waals surface area contributed by atoms with Gasteiger partial charge >= 0.3 is 0 Å². The minimum atomic E-state index is -0.0459. The molecule has 1 aliphatic rings. The summed E-state index contributed by atoms with van der Waals surface area (Å²) in [6.07, 6.45) is 1.94. The third-order valence-electron chi connectivity index (χ3n) is 3.98. The molecule has 0 saturated heterocycles. The lowest BCUT2D eigenvalue weighted by Crippen LogP contribution is -2.29. The Morgan fingerprint density at radius 3 is 2.76 bits per heavy atom. The van der Waals surface area contributed by atoms with E-state index in [2.05, 4.69) is 60.5 Å².